The van der Waals surface area contributed by atoms with Gasteiger partial charge in [0.15, 0.2) is 18.7 Å². The van der Waals surface area contributed by atoms with Crippen LogP contribution in [0.1, 0.15) is 71.1 Å². The van der Waals surface area contributed by atoms with Gasteiger partial charge in [-0.2, -0.15) is 0 Å². The third-order valence-electron chi connectivity index (χ3n) is 6.70. The summed E-state index contributed by atoms with van der Waals surface area (Å²) in [6.45, 7) is 0.792. The summed E-state index contributed by atoms with van der Waals surface area (Å²) in [5.41, 5.74) is 0. The first kappa shape index (κ1) is 31.3. The van der Waals surface area contributed by atoms with Crippen molar-refractivity contribution in [3.8, 4) is 0 Å². The summed E-state index contributed by atoms with van der Waals surface area (Å²) in [5, 5.41) is 70.1. The maximum atomic E-state index is 12.4. The van der Waals surface area contributed by atoms with Gasteiger partial charge in [0.05, 0.1) is 13.2 Å². The largest absolute Gasteiger partial charge is 0.456 e. The topological polar surface area (TPSA) is 196 Å². The van der Waals surface area contributed by atoms with E-state index in [1.807, 2.05) is 0 Å². The fraction of sp³-hybridized carbons (Fsp3) is 0.958. The number of hydrogen-bond acceptors (Lipinski definition) is 12. The van der Waals surface area contributed by atoms with Crippen LogP contribution in [0.4, 0.5) is 0 Å². The van der Waals surface area contributed by atoms with E-state index >= 15 is 0 Å². The van der Waals surface area contributed by atoms with Crippen molar-refractivity contribution in [2.45, 2.75) is 133 Å². The van der Waals surface area contributed by atoms with Crippen LogP contribution < -0.4 is 0 Å². The molecule has 36 heavy (non-hydrogen) atoms. The van der Waals surface area contributed by atoms with Gasteiger partial charge in [-0.25, -0.2) is 0 Å². The van der Waals surface area contributed by atoms with Crippen molar-refractivity contribution >= 4 is 5.97 Å². The van der Waals surface area contributed by atoms with Crippen LogP contribution in [0.5, 0.6) is 0 Å². The van der Waals surface area contributed by atoms with E-state index in [9.17, 15) is 40.5 Å². The second kappa shape index (κ2) is 16.1. The van der Waals surface area contributed by atoms with Gasteiger partial charge < -0.3 is 54.7 Å². The summed E-state index contributed by atoms with van der Waals surface area (Å²) < 4.78 is 21.3. The molecule has 2 aliphatic heterocycles. The molecule has 2 saturated heterocycles. The van der Waals surface area contributed by atoms with E-state index < -0.39 is 80.6 Å². The maximum absolute atomic E-state index is 12.4. The van der Waals surface area contributed by atoms with Gasteiger partial charge in [-0.3, -0.25) is 4.79 Å². The molecule has 0 amide bonds. The van der Waals surface area contributed by atoms with Crippen LogP contribution in [-0.2, 0) is 23.7 Å². The van der Waals surface area contributed by atoms with Crippen LogP contribution in [-0.4, -0.2) is 116 Å². The minimum Gasteiger partial charge on any atom is -0.456 e. The van der Waals surface area contributed by atoms with E-state index in [1.54, 1.807) is 0 Å². The Morgan fingerprint density at radius 1 is 0.694 bits per heavy atom. The molecule has 2 aliphatic rings. The number of carbonyl (C=O) groups is 1. The standard InChI is InChI=1S/C24H44O12/c1-2-3-4-5-6-7-8-9-10-11-16(27)35-22-17(28)14(12-25)34-24(20(22)31)36-21-15(13-26)33-23(32)19(30)18(21)29/h14-15,17-26,28-32H,2-13H2,1H3/t14-,15-,17-,18-,19-,20-,21-,22+,23-,24-/m1/s1. The first-order valence-electron chi connectivity index (χ1n) is 13.0. The second-order valence-electron chi connectivity index (χ2n) is 9.57. The molecule has 212 valence electrons. The molecule has 0 aliphatic carbocycles. The van der Waals surface area contributed by atoms with Gasteiger partial charge >= 0.3 is 5.97 Å². The van der Waals surface area contributed by atoms with Gasteiger partial charge in [0.25, 0.3) is 0 Å². The highest BCUT2D eigenvalue weighted by Gasteiger charge is 2.51. The van der Waals surface area contributed by atoms with E-state index in [1.165, 1.54) is 32.1 Å². The van der Waals surface area contributed by atoms with E-state index in [2.05, 4.69) is 6.92 Å². The van der Waals surface area contributed by atoms with Crippen molar-refractivity contribution < 1.29 is 59.5 Å². The number of ether oxygens (including phenoxy) is 4. The molecule has 12 heteroatoms. The molecule has 0 unspecified atom stereocenters. The Bertz CT molecular complexity index is 620. The van der Waals surface area contributed by atoms with Crippen LogP contribution in [0.25, 0.3) is 0 Å². The van der Waals surface area contributed by atoms with Gasteiger partial charge in [-0.1, -0.05) is 58.3 Å². The number of unbranched alkanes of at least 4 members (excludes halogenated alkanes) is 8. The zero-order chi connectivity index (χ0) is 26.7. The number of aliphatic hydroxyl groups is 7. The zero-order valence-corrected chi connectivity index (χ0v) is 20.9. The molecule has 0 aromatic rings. The molecular weight excluding hydrogens is 480 g/mol. The Hall–Kier alpha value is -0.930. The molecule has 0 spiro atoms. The highest BCUT2D eigenvalue weighted by Crippen LogP contribution is 2.30. The molecular formula is C24H44O12. The lowest BCUT2D eigenvalue weighted by molar-refractivity contribution is -0.355. The summed E-state index contributed by atoms with van der Waals surface area (Å²) in [5.74, 6) is -0.633. The normalized spacial score (nSPS) is 37.1. The Labute approximate surface area is 211 Å². The molecule has 0 aromatic carbocycles. The van der Waals surface area contributed by atoms with Crippen molar-refractivity contribution in [3.63, 3.8) is 0 Å². The highest BCUT2D eigenvalue weighted by molar-refractivity contribution is 5.69. The fourth-order valence-corrected chi connectivity index (χ4v) is 4.49. The van der Waals surface area contributed by atoms with Crippen molar-refractivity contribution in [3.05, 3.63) is 0 Å². The number of hydrogen-bond donors (Lipinski definition) is 7. The van der Waals surface area contributed by atoms with Crippen molar-refractivity contribution in [1.29, 1.82) is 0 Å². The lowest BCUT2D eigenvalue weighted by Crippen LogP contribution is -2.65. The minimum atomic E-state index is -1.77. The average molecular weight is 525 g/mol. The highest BCUT2D eigenvalue weighted by atomic mass is 16.7. The Morgan fingerprint density at radius 3 is 1.86 bits per heavy atom. The summed E-state index contributed by atoms with van der Waals surface area (Å²) in [6, 6.07) is 0. The van der Waals surface area contributed by atoms with E-state index in [4.69, 9.17) is 18.9 Å². The van der Waals surface area contributed by atoms with Gasteiger partial charge in [-0.05, 0) is 6.42 Å². The first-order chi connectivity index (χ1) is 17.2. The van der Waals surface area contributed by atoms with Gasteiger partial charge in [0, 0.05) is 6.42 Å². The lowest BCUT2D eigenvalue weighted by atomic mass is 9.97. The van der Waals surface area contributed by atoms with Gasteiger partial charge in [-0.15, -0.1) is 0 Å². The van der Waals surface area contributed by atoms with Crippen LogP contribution in [0.15, 0.2) is 0 Å². The molecule has 0 saturated carbocycles. The monoisotopic (exact) mass is 524 g/mol. The summed E-state index contributed by atoms with van der Waals surface area (Å²) in [6.07, 6.45) is -5.89. The number of aliphatic hydroxyl groups excluding tert-OH is 7. The SMILES string of the molecule is CCCCCCCCCCCC(=O)O[C@@H]1[C@@H](O)[C@@H](O[C@H]2[C@H](O)[C@@H](O)[C@H](O)O[C@@H]2CO)O[C@H](CO)[C@H]1O. The lowest BCUT2D eigenvalue weighted by Gasteiger charge is -2.45. The summed E-state index contributed by atoms with van der Waals surface area (Å²) in [4.78, 5) is 12.4. The van der Waals surface area contributed by atoms with E-state index in [0.717, 1.165) is 19.3 Å². The van der Waals surface area contributed by atoms with Gasteiger partial charge in [0.1, 0.15) is 42.7 Å². The van der Waals surface area contributed by atoms with Crippen LogP contribution >= 0.6 is 0 Å². The van der Waals surface area contributed by atoms with Crippen molar-refractivity contribution in [2.24, 2.45) is 0 Å². The third kappa shape index (κ3) is 8.83. The molecule has 7 N–H and O–H groups in total. The smallest absolute Gasteiger partial charge is 0.306 e. The number of esters is 1. The quantitative estimate of drug-likeness (QED) is 0.103. The molecule has 0 radical (unpaired) electrons. The van der Waals surface area contributed by atoms with Crippen LogP contribution in [0, 0.1) is 0 Å². The summed E-state index contributed by atoms with van der Waals surface area (Å²) in [7, 11) is 0. The molecule has 2 heterocycles. The molecule has 2 rings (SSSR count). The molecule has 10 atom stereocenters. The van der Waals surface area contributed by atoms with Crippen molar-refractivity contribution in [1.82, 2.24) is 0 Å². The van der Waals surface area contributed by atoms with Crippen LogP contribution in [0.3, 0.4) is 0 Å². The fourth-order valence-electron chi connectivity index (χ4n) is 4.49. The number of rotatable bonds is 15. The molecule has 0 aromatic heterocycles. The first-order valence-corrected chi connectivity index (χ1v) is 13.0. The Morgan fingerprint density at radius 2 is 1.28 bits per heavy atom. The molecule has 0 bridgehead atoms. The predicted molar refractivity (Wildman–Crippen MR) is 124 cm³/mol. The minimum absolute atomic E-state index is 0.0911. The Balaban J connectivity index is 1.88. The average Bonchev–Trinajstić information content (AvgIpc) is 2.86. The predicted octanol–water partition coefficient (Wildman–Crippen LogP) is -0.925. The second-order valence-corrected chi connectivity index (χ2v) is 9.57. The van der Waals surface area contributed by atoms with Crippen molar-refractivity contribution in [2.75, 3.05) is 13.2 Å². The number of carbonyl (C=O) groups excluding carboxylic acids is 1. The third-order valence-corrected chi connectivity index (χ3v) is 6.70. The maximum Gasteiger partial charge on any atom is 0.306 e. The van der Waals surface area contributed by atoms with E-state index in [0.29, 0.717) is 6.42 Å². The summed E-state index contributed by atoms with van der Waals surface area (Å²) >= 11 is 0. The Kier molecular flexibility index (Phi) is 14.0. The molecule has 2 fully saturated rings. The van der Waals surface area contributed by atoms with Crippen LogP contribution in [0.2, 0.25) is 0 Å². The van der Waals surface area contributed by atoms with Gasteiger partial charge in [0.2, 0.25) is 0 Å². The zero-order valence-electron chi connectivity index (χ0n) is 20.9. The molecule has 12 nitrogen and oxygen atoms in total. The van der Waals surface area contributed by atoms with E-state index in [-0.39, 0.29) is 6.42 Å².